The van der Waals surface area contributed by atoms with E-state index in [1.54, 1.807) is 0 Å². The standard InChI is InChI=1S/C18H33NO2S/c1-2-3-4-5-6-7-8-9-10-11-12-13-18-22(20)19-14-16-21-17-15-19/h2-11,14-18H2,1H3. The first kappa shape index (κ1) is 19.7. The first-order valence-electron chi connectivity index (χ1n) is 9.01. The Balaban J connectivity index is 1.89. The van der Waals surface area contributed by atoms with Crippen LogP contribution in [0.5, 0.6) is 0 Å². The van der Waals surface area contributed by atoms with Crippen molar-refractivity contribution in [3.05, 3.63) is 0 Å². The Labute approximate surface area is 139 Å². The summed E-state index contributed by atoms with van der Waals surface area (Å²) in [7, 11) is -0.941. The molecule has 0 amide bonds. The molecule has 0 spiro atoms. The first-order chi connectivity index (χ1) is 10.8. The summed E-state index contributed by atoms with van der Waals surface area (Å²) in [6.07, 6.45) is 13.1. The highest BCUT2D eigenvalue weighted by Gasteiger charge is 2.15. The lowest BCUT2D eigenvalue weighted by atomic mass is 10.1. The molecule has 0 aromatic rings. The highest BCUT2D eigenvalue weighted by atomic mass is 32.2. The summed E-state index contributed by atoms with van der Waals surface area (Å²) in [5.41, 5.74) is 0. The van der Waals surface area contributed by atoms with Crippen molar-refractivity contribution in [1.29, 1.82) is 0 Å². The molecule has 1 rings (SSSR count). The molecule has 128 valence electrons. The van der Waals surface area contributed by atoms with Crippen LogP contribution in [0.15, 0.2) is 0 Å². The zero-order valence-electron chi connectivity index (χ0n) is 14.3. The second kappa shape index (κ2) is 14.2. The largest absolute Gasteiger partial charge is 0.379 e. The van der Waals surface area contributed by atoms with E-state index in [0.29, 0.717) is 19.0 Å². The van der Waals surface area contributed by atoms with Gasteiger partial charge in [-0.25, -0.2) is 8.51 Å². The molecule has 0 saturated carbocycles. The van der Waals surface area contributed by atoms with E-state index in [1.165, 1.54) is 57.8 Å². The average molecular weight is 328 g/mol. The second-order valence-electron chi connectivity index (χ2n) is 5.94. The average Bonchev–Trinajstić information content (AvgIpc) is 2.56. The van der Waals surface area contributed by atoms with Gasteiger partial charge in [0.05, 0.1) is 19.0 Å². The van der Waals surface area contributed by atoms with Crippen molar-refractivity contribution in [2.75, 3.05) is 32.1 Å². The van der Waals surface area contributed by atoms with Crippen LogP contribution in [-0.4, -0.2) is 40.6 Å². The molecule has 1 saturated heterocycles. The van der Waals surface area contributed by atoms with Crippen LogP contribution in [0.25, 0.3) is 0 Å². The summed E-state index contributed by atoms with van der Waals surface area (Å²) >= 11 is 0. The Morgan fingerprint density at radius 1 is 0.909 bits per heavy atom. The van der Waals surface area contributed by atoms with Gasteiger partial charge in [0, 0.05) is 19.5 Å². The number of rotatable bonds is 11. The monoisotopic (exact) mass is 327 g/mol. The van der Waals surface area contributed by atoms with Crippen molar-refractivity contribution in [2.45, 2.75) is 71.1 Å². The van der Waals surface area contributed by atoms with E-state index in [4.69, 9.17) is 4.74 Å². The maximum absolute atomic E-state index is 12.0. The predicted octanol–water partition coefficient (Wildman–Crippen LogP) is 3.91. The molecule has 0 bridgehead atoms. The summed E-state index contributed by atoms with van der Waals surface area (Å²) in [5, 5.41) is 0. The topological polar surface area (TPSA) is 29.5 Å². The molecule has 3 nitrogen and oxygen atoms in total. The quantitative estimate of drug-likeness (QED) is 0.425. The van der Waals surface area contributed by atoms with Crippen LogP contribution < -0.4 is 0 Å². The van der Waals surface area contributed by atoms with E-state index in [1.807, 2.05) is 4.31 Å². The van der Waals surface area contributed by atoms with Crippen molar-refractivity contribution in [3.8, 4) is 11.8 Å². The zero-order valence-corrected chi connectivity index (χ0v) is 15.1. The van der Waals surface area contributed by atoms with Gasteiger partial charge in [0.1, 0.15) is 11.0 Å². The van der Waals surface area contributed by atoms with Crippen LogP contribution in [0.3, 0.4) is 0 Å². The molecule has 1 atom stereocenters. The number of hydrogen-bond donors (Lipinski definition) is 0. The summed E-state index contributed by atoms with van der Waals surface area (Å²) < 4.78 is 19.2. The van der Waals surface area contributed by atoms with Gasteiger partial charge >= 0.3 is 0 Å². The molecule has 0 aromatic carbocycles. The van der Waals surface area contributed by atoms with Gasteiger partial charge in [-0.15, -0.1) is 5.92 Å². The Bertz CT molecular complexity index is 343. The Morgan fingerprint density at radius 2 is 1.50 bits per heavy atom. The number of unbranched alkanes of at least 4 members (excludes halogenated alkanes) is 9. The van der Waals surface area contributed by atoms with E-state index in [2.05, 4.69) is 18.8 Å². The van der Waals surface area contributed by atoms with E-state index in [9.17, 15) is 4.21 Å². The van der Waals surface area contributed by atoms with Crippen molar-refractivity contribution in [3.63, 3.8) is 0 Å². The van der Waals surface area contributed by atoms with Gasteiger partial charge in [-0.2, -0.15) is 0 Å². The van der Waals surface area contributed by atoms with Crippen LogP contribution in [0, 0.1) is 11.8 Å². The van der Waals surface area contributed by atoms with Gasteiger partial charge < -0.3 is 4.74 Å². The third kappa shape index (κ3) is 10.4. The fourth-order valence-corrected chi connectivity index (χ4v) is 3.53. The maximum atomic E-state index is 12.0. The molecule has 22 heavy (non-hydrogen) atoms. The minimum atomic E-state index is -0.941. The van der Waals surface area contributed by atoms with Crippen molar-refractivity contribution >= 4 is 11.0 Å². The minimum Gasteiger partial charge on any atom is -0.379 e. The third-order valence-corrected chi connectivity index (χ3v) is 5.32. The van der Waals surface area contributed by atoms with E-state index < -0.39 is 11.0 Å². The van der Waals surface area contributed by atoms with E-state index in [-0.39, 0.29) is 0 Å². The van der Waals surface area contributed by atoms with Crippen LogP contribution in [0.2, 0.25) is 0 Å². The van der Waals surface area contributed by atoms with E-state index in [0.717, 1.165) is 19.5 Å². The third-order valence-electron chi connectivity index (χ3n) is 3.98. The normalized spacial score (nSPS) is 17.0. The van der Waals surface area contributed by atoms with Crippen LogP contribution in [0.1, 0.15) is 71.1 Å². The number of ether oxygens (including phenoxy) is 1. The SMILES string of the molecule is CCCCCCCCCCCC#CCS(=O)N1CCOCC1. The number of hydrogen-bond acceptors (Lipinski definition) is 2. The van der Waals surface area contributed by atoms with E-state index >= 15 is 0 Å². The first-order valence-corrected chi connectivity index (χ1v) is 10.3. The molecule has 4 heteroatoms. The fourth-order valence-electron chi connectivity index (χ4n) is 2.57. The maximum Gasteiger partial charge on any atom is 0.107 e. The van der Waals surface area contributed by atoms with Crippen molar-refractivity contribution in [1.82, 2.24) is 4.31 Å². The van der Waals surface area contributed by atoms with Gasteiger partial charge in [-0.1, -0.05) is 64.2 Å². The predicted molar refractivity (Wildman–Crippen MR) is 95.0 cm³/mol. The molecular weight excluding hydrogens is 294 g/mol. The molecule has 1 fully saturated rings. The Hall–Kier alpha value is -0.370. The molecule has 0 N–H and O–H groups in total. The van der Waals surface area contributed by atoms with Crippen LogP contribution in [-0.2, 0) is 15.7 Å². The van der Waals surface area contributed by atoms with Crippen LogP contribution in [0.4, 0.5) is 0 Å². The summed E-state index contributed by atoms with van der Waals surface area (Å²) in [6.45, 7) is 5.19. The van der Waals surface area contributed by atoms with Crippen molar-refractivity contribution < 1.29 is 8.95 Å². The lowest BCUT2D eigenvalue weighted by Gasteiger charge is -2.24. The lowest BCUT2D eigenvalue weighted by molar-refractivity contribution is 0.0753. The zero-order chi connectivity index (χ0) is 15.9. The molecule has 0 aliphatic carbocycles. The number of nitrogens with zero attached hydrogens (tertiary/aromatic N) is 1. The Kier molecular flexibility index (Phi) is 12.7. The molecule has 1 aliphatic heterocycles. The van der Waals surface area contributed by atoms with Crippen molar-refractivity contribution in [2.24, 2.45) is 0 Å². The second-order valence-corrected chi connectivity index (χ2v) is 7.39. The summed E-state index contributed by atoms with van der Waals surface area (Å²) in [4.78, 5) is 0. The molecule has 0 aromatic heterocycles. The minimum absolute atomic E-state index is 0.484. The number of morpholine rings is 1. The molecule has 1 aliphatic rings. The molecular formula is C18H33NO2S. The molecule has 1 unspecified atom stereocenters. The smallest absolute Gasteiger partial charge is 0.107 e. The molecule has 1 heterocycles. The highest BCUT2D eigenvalue weighted by molar-refractivity contribution is 7.82. The van der Waals surface area contributed by atoms with Gasteiger partial charge in [-0.3, -0.25) is 0 Å². The fraction of sp³-hybridized carbons (Fsp3) is 0.889. The van der Waals surface area contributed by atoms with Gasteiger partial charge in [-0.05, 0) is 6.42 Å². The van der Waals surface area contributed by atoms with Gasteiger partial charge in [0.15, 0.2) is 0 Å². The summed E-state index contributed by atoms with van der Waals surface area (Å²) in [5.74, 6) is 6.73. The highest BCUT2D eigenvalue weighted by Crippen LogP contribution is 2.10. The summed E-state index contributed by atoms with van der Waals surface area (Å²) in [6, 6.07) is 0. The molecule has 0 radical (unpaired) electrons. The van der Waals surface area contributed by atoms with Gasteiger partial charge in [0.2, 0.25) is 0 Å². The Morgan fingerprint density at radius 3 is 2.14 bits per heavy atom. The lowest BCUT2D eigenvalue weighted by Crippen LogP contribution is -2.38. The van der Waals surface area contributed by atoms with Gasteiger partial charge in [0.25, 0.3) is 0 Å². The van der Waals surface area contributed by atoms with Crippen LogP contribution >= 0.6 is 0 Å².